The number of ether oxygens (including phenoxy) is 2. The molecule has 2 aromatic heterocycles. The van der Waals surface area contributed by atoms with Crippen LogP contribution in [-0.2, 0) is 4.79 Å². The van der Waals surface area contributed by atoms with Gasteiger partial charge in [0.05, 0.1) is 18.2 Å². The minimum absolute atomic E-state index is 0.169. The largest absolute Gasteiger partial charge is 0.465 e. The Morgan fingerprint density at radius 3 is 2.67 bits per heavy atom. The van der Waals surface area contributed by atoms with Gasteiger partial charge in [0.1, 0.15) is 17.3 Å². The van der Waals surface area contributed by atoms with Crippen LogP contribution in [0.5, 0.6) is 11.5 Å². The van der Waals surface area contributed by atoms with Crippen molar-refractivity contribution in [2.75, 3.05) is 0 Å². The van der Waals surface area contributed by atoms with Gasteiger partial charge >= 0.3 is 5.97 Å². The average molecular weight is 359 g/mol. The molecule has 132 valence electrons. The SMILES string of the molecule is O=C1C[C@H](c2ccncc2)c2c(ccc3c2O/C(=C\c2ccco2)C3=O)O1. The molecule has 0 amide bonds. The van der Waals surface area contributed by atoms with E-state index < -0.39 is 0 Å². The van der Waals surface area contributed by atoms with Crippen molar-refractivity contribution in [1.29, 1.82) is 0 Å². The Labute approximate surface area is 154 Å². The van der Waals surface area contributed by atoms with Crippen molar-refractivity contribution in [1.82, 2.24) is 4.98 Å². The Morgan fingerprint density at radius 1 is 1.04 bits per heavy atom. The minimum Gasteiger partial charge on any atom is -0.465 e. The number of nitrogens with zero attached hydrogens (tertiary/aromatic N) is 1. The number of Topliss-reactive ketones (excluding diaryl/α,β-unsaturated/α-hetero) is 1. The molecule has 1 aromatic carbocycles. The molecule has 0 bridgehead atoms. The van der Waals surface area contributed by atoms with Crippen molar-refractivity contribution >= 4 is 17.8 Å². The first-order chi connectivity index (χ1) is 13.2. The molecule has 27 heavy (non-hydrogen) atoms. The lowest BCUT2D eigenvalue weighted by molar-refractivity contribution is -0.135. The van der Waals surface area contributed by atoms with E-state index in [9.17, 15) is 9.59 Å². The van der Waals surface area contributed by atoms with E-state index in [1.54, 1.807) is 42.7 Å². The maximum atomic E-state index is 12.8. The molecule has 2 aliphatic rings. The smallest absolute Gasteiger partial charge is 0.312 e. The van der Waals surface area contributed by atoms with Gasteiger partial charge in [0, 0.05) is 30.0 Å². The molecule has 0 saturated heterocycles. The first kappa shape index (κ1) is 15.6. The zero-order valence-electron chi connectivity index (χ0n) is 14.0. The highest BCUT2D eigenvalue weighted by Crippen LogP contribution is 2.48. The molecular formula is C21H13NO5. The molecule has 6 nitrogen and oxygen atoms in total. The summed E-state index contributed by atoms with van der Waals surface area (Å²) in [7, 11) is 0. The number of allylic oxidation sites excluding steroid dienone is 1. The maximum absolute atomic E-state index is 12.8. The van der Waals surface area contributed by atoms with Gasteiger partial charge in [-0.1, -0.05) is 0 Å². The quantitative estimate of drug-likeness (QED) is 0.394. The lowest BCUT2D eigenvalue weighted by atomic mass is 9.85. The number of carbonyl (C=O) groups excluding carboxylic acids is 2. The number of fused-ring (bicyclic) bond motifs is 3. The van der Waals surface area contributed by atoms with E-state index in [2.05, 4.69) is 4.98 Å². The molecule has 6 heteroatoms. The summed E-state index contributed by atoms with van der Waals surface area (Å²) in [6.45, 7) is 0. The maximum Gasteiger partial charge on any atom is 0.312 e. The topological polar surface area (TPSA) is 78.6 Å². The number of aromatic nitrogens is 1. The highest BCUT2D eigenvalue weighted by molar-refractivity contribution is 6.15. The second kappa shape index (κ2) is 5.95. The fraction of sp³-hybridized carbons (Fsp3) is 0.0952. The van der Waals surface area contributed by atoms with E-state index in [1.807, 2.05) is 12.1 Å². The van der Waals surface area contributed by atoms with Gasteiger partial charge in [0.2, 0.25) is 5.78 Å². The molecule has 0 unspecified atom stereocenters. The highest BCUT2D eigenvalue weighted by Gasteiger charge is 2.38. The Kier molecular flexibility index (Phi) is 3.43. The fourth-order valence-corrected chi connectivity index (χ4v) is 3.49. The first-order valence-electron chi connectivity index (χ1n) is 8.46. The molecule has 0 aliphatic carbocycles. The predicted molar refractivity (Wildman–Crippen MR) is 94.4 cm³/mol. The third-order valence-corrected chi connectivity index (χ3v) is 4.70. The molecule has 0 N–H and O–H groups in total. The number of furan rings is 1. The van der Waals surface area contributed by atoms with Gasteiger partial charge in [-0.15, -0.1) is 0 Å². The third-order valence-electron chi connectivity index (χ3n) is 4.70. The predicted octanol–water partition coefficient (Wildman–Crippen LogP) is 3.73. The molecule has 5 rings (SSSR count). The monoisotopic (exact) mass is 359 g/mol. The normalized spacial score (nSPS) is 19.4. The van der Waals surface area contributed by atoms with E-state index in [4.69, 9.17) is 13.9 Å². The summed E-state index contributed by atoms with van der Waals surface area (Å²) in [5, 5.41) is 0. The van der Waals surface area contributed by atoms with Crippen LogP contribution in [0.1, 0.15) is 39.6 Å². The zero-order chi connectivity index (χ0) is 18.4. The molecular weight excluding hydrogens is 346 g/mol. The number of hydrogen-bond acceptors (Lipinski definition) is 6. The van der Waals surface area contributed by atoms with Crippen LogP contribution in [0.3, 0.4) is 0 Å². The van der Waals surface area contributed by atoms with Gasteiger partial charge in [-0.25, -0.2) is 0 Å². The van der Waals surface area contributed by atoms with Gasteiger partial charge in [0.15, 0.2) is 5.76 Å². The summed E-state index contributed by atoms with van der Waals surface area (Å²) in [4.78, 5) is 28.9. The number of ketones is 1. The standard InChI is InChI=1S/C21H13NO5/c23-18-11-15(12-5-7-22-8-6-12)19-16(26-18)4-3-14-20(24)17(27-21(14)19)10-13-2-1-9-25-13/h1-10,15H,11H2/b17-10-/t15-/m1/s1. The van der Waals surface area contributed by atoms with Crippen molar-refractivity contribution in [3.8, 4) is 11.5 Å². The first-order valence-corrected chi connectivity index (χ1v) is 8.46. The summed E-state index contributed by atoms with van der Waals surface area (Å²) in [5.74, 6) is 0.740. The van der Waals surface area contributed by atoms with Crippen LogP contribution in [-0.4, -0.2) is 16.7 Å². The molecule has 0 spiro atoms. The minimum atomic E-state index is -0.320. The summed E-state index contributed by atoms with van der Waals surface area (Å²) in [6, 6.07) is 10.5. The van der Waals surface area contributed by atoms with Crippen molar-refractivity contribution < 1.29 is 23.5 Å². The van der Waals surface area contributed by atoms with Gasteiger partial charge < -0.3 is 13.9 Å². The second-order valence-corrected chi connectivity index (χ2v) is 6.32. The van der Waals surface area contributed by atoms with Crippen LogP contribution >= 0.6 is 0 Å². The number of rotatable bonds is 2. The molecule has 1 atom stereocenters. The van der Waals surface area contributed by atoms with E-state index in [0.29, 0.717) is 28.4 Å². The van der Waals surface area contributed by atoms with E-state index in [1.165, 1.54) is 6.26 Å². The van der Waals surface area contributed by atoms with Crippen molar-refractivity contribution in [3.63, 3.8) is 0 Å². The van der Waals surface area contributed by atoms with Crippen molar-refractivity contribution in [2.24, 2.45) is 0 Å². The average Bonchev–Trinajstić information content (AvgIpc) is 3.30. The molecule has 2 aliphatic heterocycles. The number of benzene rings is 1. The van der Waals surface area contributed by atoms with E-state index in [-0.39, 0.29) is 29.9 Å². The number of pyridine rings is 1. The van der Waals surface area contributed by atoms with Gasteiger partial charge in [-0.05, 0) is 42.0 Å². The van der Waals surface area contributed by atoms with Crippen LogP contribution in [0, 0.1) is 0 Å². The van der Waals surface area contributed by atoms with Gasteiger partial charge in [-0.3, -0.25) is 14.6 Å². The summed E-state index contributed by atoms with van der Waals surface area (Å²) >= 11 is 0. The van der Waals surface area contributed by atoms with Crippen LogP contribution in [0.4, 0.5) is 0 Å². The van der Waals surface area contributed by atoms with E-state index >= 15 is 0 Å². The lowest BCUT2D eigenvalue weighted by Gasteiger charge is -2.26. The Bertz CT molecular complexity index is 1080. The summed E-state index contributed by atoms with van der Waals surface area (Å²) in [6.07, 6.45) is 6.60. The van der Waals surface area contributed by atoms with E-state index in [0.717, 1.165) is 5.56 Å². The van der Waals surface area contributed by atoms with Crippen molar-refractivity contribution in [2.45, 2.75) is 12.3 Å². The molecule has 0 saturated carbocycles. The number of carbonyl (C=O) groups is 2. The Hall–Kier alpha value is -3.67. The molecule has 3 aromatic rings. The van der Waals surface area contributed by atoms with Crippen LogP contribution < -0.4 is 9.47 Å². The number of hydrogen-bond donors (Lipinski definition) is 0. The highest BCUT2D eigenvalue weighted by atomic mass is 16.5. The Morgan fingerprint density at radius 2 is 1.89 bits per heavy atom. The Balaban J connectivity index is 1.65. The molecule has 4 heterocycles. The number of esters is 1. The van der Waals surface area contributed by atoms with Crippen LogP contribution in [0.15, 0.2) is 65.2 Å². The van der Waals surface area contributed by atoms with Gasteiger partial charge in [0.25, 0.3) is 0 Å². The third kappa shape index (κ3) is 2.54. The lowest BCUT2D eigenvalue weighted by Crippen LogP contribution is -2.21. The van der Waals surface area contributed by atoms with Crippen LogP contribution in [0.25, 0.3) is 6.08 Å². The molecule has 0 fully saturated rings. The summed E-state index contributed by atoms with van der Waals surface area (Å²) < 4.78 is 16.6. The second-order valence-electron chi connectivity index (χ2n) is 6.32. The van der Waals surface area contributed by atoms with Crippen LogP contribution in [0.2, 0.25) is 0 Å². The van der Waals surface area contributed by atoms with Gasteiger partial charge in [-0.2, -0.15) is 0 Å². The summed E-state index contributed by atoms with van der Waals surface area (Å²) in [5.41, 5.74) is 2.06. The van der Waals surface area contributed by atoms with Crippen molar-refractivity contribution in [3.05, 3.63) is 83.3 Å². The molecule has 0 radical (unpaired) electrons. The zero-order valence-corrected chi connectivity index (χ0v) is 14.0. The fourth-order valence-electron chi connectivity index (χ4n) is 3.49.